The molecular weight excluding hydrogens is 352 g/mol. The number of carbonyl (C=O) groups excluding carboxylic acids is 2. The maximum absolute atomic E-state index is 11.6. The Balaban J connectivity index is 1.79. The number of hydrogen-bond donors (Lipinski definition) is 5. The summed E-state index contributed by atoms with van der Waals surface area (Å²) in [6.07, 6.45) is -3.11. The summed E-state index contributed by atoms with van der Waals surface area (Å²) in [5.41, 5.74) is 6.06. The largest absolute Gasteiger partial charge is 0.507 e. The molecule has 0 saturated carbocycles. The van der Waals surface area contributed by atoms with E-state index in [1.807, 2.05) is 30.3 Å². The Hall–Kier alpha value is -3.10. The topological polar surface area (TPSA) is 142 Å². The van der Waals surface area contributed by atoms with Crippen LogP contribution in [-0.2, 0) is 11.3 Å². The van der Waals surface area contributed by atoms with E-state index < -0.39 is 24.2 Å². The Morgan fingerprint density at radius 3 is 2.48 bits per heavy atom. The molecule has 2 aromatic rings. The average Bonchev–Trinajstić information content (AvgIpc) is 2.66. The summed E-state index contributed by atoms with van der Waals surface area (Å²) in [6, 6.07) is 13.0. The van der Waals surface area contributed by atoms with Gasteiger partial charge < -0.3 is 31.1 Å². The van der Waals surface area contributed by atoms with Crippen molar-refractivity contribution in [2.24, 2.45) is 5.73 Å². The van der Waals surface area contributed by atoms with Crippen LogP contribution in [0.4, 0.5) is 4.79 Å². The number of primary amides is 1. The predicted octanol–water partition coefficient (Wildman–Crippen LogP) is 1.20. The van der Waals surface area contributed by atoms with Crippen molar-refractivity contribution in [3.63, 3.8) is 0 Å². The van der Waals surface area contributed by atoms with Crippen LogP contribution in [0.2, 0.25) is 0 Å². The Kier molecular flexibility index (Phi) is 7.16. The molecule has 0 aromatic heterocycles. The quantitative estimate of drug-likeness (QED) is 0.470. The highest BCUT2D eigenvalue weighted by Gasteiger charge is 2.20. The van der Waals surface area contributed by atoms with E-state index in [1.54, 1.807) is 0 Å². The van der Waals surface area contributed by atoms with Crippen LogP contribution in [0, 0.1) is 0 Å². The van der Waals surface area contributed by atoms with E-state index in [2.05, 4.69) is 5.32 Å². The number of aliphatic hydroxyl groups excluding tert-OH is 2. The van der Waals surface area contributed by atoms with E-state index in [1.165, 1.54) is 18.2 Å². The van der Waals surface area contributed by atoms with Crippen LogP contribution in [0.15, 0.2) is 48.5 Å². The molecule has 2 aromatic carbocycles. The summed E-state index contributed by atoms with van der Waals surface area (Å²) in [4.78, 5) is 22.9. The van der Waals surface area contributed by atoms with Crippen molar-refractivity contribution in [2.45, 2.75) is 25.2 Å². The monoisotopic (exact) mass is 374 g/mol. The molecule has 0 spiro atoms. The second-order valence-corrected chi connectivity index (χ2v) is 5.93. The number of benzene rings is 2. The summed E-state index contributed by atoms with van der Waals surface area (Å²) >= 11 is 0. The number of rotatable bonds is 8. The van der Waals surface area contributed by atoms with Gasteiger partial charge in [0.25, 0.3) is 5.91 Å². The van der Waals surface area contributed by atoms with Crippen LogP contribution >= 0.6 is 0 Å². The van der Waals surface area contributed by atoms with Gasteiger partial charge in [-0.25, -0.2) is 4.79 Å². The molecule has 2 rings (SSSR count). The third-order valence-electron chi connectivity index (χ3n) is 3.91. The van der Waals surface area contributed by atoms with Crippen molar-refractivity contribution in [1.82, 2.24) is 5.32 Å². The second kappa shape index (κ2) is 9.56. The number of ether oxygens (including phenoxy) is 1. The number of alkyl carbamates (subject to hydrolysis) is 1. The van der Waals surface area contributed by atoms with Gasteiger partial charge in [-0.2, -0.15) is 0 Å². The minimum absolute atomic E-state index is 0.0500. The van der Waals surface area contributed by atoms with Crippen LogP contribution < -0.4 is 11.1 Å². The van der Waals surface area contributed by atoms with Crippen molar-refractivity contribution in [2.75, 3.05) is 6.54 Å². The van der Waals surface area contributed by atoms with Crippen LogP contribution in [0.1, 0.15) is 34.0 Å². The summed E-state index contributed by atoms with van der Waals surface area (Å²) in [5.74, 6) is -1.16. The van der Waals surface area contributed by atoms with Crippen LogP contribution in [0.5, 0.6) is 5.75 Å². The van der Waals surface area contributed by atoms with Gasteiger partial charge in [-0.15, -0.1) is 0 Å². The Morgan fingerprint density at radius 1 is 1.11 bits per heavy atom. The maximum Gasteiger partial charge on any atom is 0.407 e. The van der Waals surface area contributed by atoms with Crippen molar-refractivity contribution < 1.29 is 29.6 Å². The molecule has 6 N–H and O–H groups in total. The van der Waals surface area contributed by atoms with Gasteiger partial charge in [0.15, 0.2) is 0 Å². The van der Waals surface area contributed by atoms with Crippen molar-refractivity contribution in [1.29, 1.82) is 0 Å². The molecular formula is C19H22N2O6. The number of nitrogens with two attached hydrogens (primary N) is 1. The van der Waals surface area contributed by atoms with E-state index in [9.17, 15) is 24.9 Å². The Labute approximate surface area is 156 Å². The maximum atomic E-state index is 11.6. The van der Waals surface area contributed by atoms with Crippen LogP contribution in [-0.4, -0.2) is 40.0 Å². The molecule has 0 radical (unpaired) electrons. The SMILES string of the molecule is NC(=O)c1cc(C(O)C(O)CCNC(=O)OCc2ccccc2)ccc1O. The zero-order chi connectivity index (χ0) is 19.8. The highest BCUT2D eigenvalue weighted by Crippen LogP contribution is 2.24. The average molecular weight is 374 g/mol. The third kappa shape index (κ3) is 5.98. The van der Waals surface area contributed by atoms with Gasteiger partial charge in [-0.1, -0.05) is 36.4 Å². The van der Waals surface area contributed by atoms with Crippen molar-refractivity contribution >= 4 is 12.0 Å². The predicted molar refractivity (Wildman–Crippen MR) is 96.8 cm³/mol. The first-order valence-electron chi connectivity index (χ1n) is 8.32. The number of hydrogen-bond acceptors (Lipinski definition) is 6. The molecule has 27 heavy (non-hydrogen) atoms. The minimum atomic E-state index is -1.31. The molecule has 2 amide bonds. The zero-order valence-corrected chi connectivity index (χ0v) is 14.5. The minimum Gasteiger partial charge on any atom is -0.507 e. The molecule has 8 heteroatoms. The fourth-order valence-corrected chi connectivity index (χ4v) is 2.41. The molecule has 144 valence electrons. The van der Waals surface area contributed by atoms with Crippen LogP contribution in [0.3, 0.4) is 0 Å². The lowest BCUT2D eigenvalue weighted by molar-refractivity contribution is 0.0135. The van der Waals surface area contributed by atoms with E-state index in [-0.39, 0.29) is 36.4 Å². The number of nitrogens with one attached hydrogen (secondary N) is 1. The first-order chi connectivity index (χ1) is 12.9. The number of amides is 2. The lowest BCUT2D eigenvalue weighted by Crippen LogP contribution is -2.29. The summed E-state index contributed by atoms with van der Waals surface area (Å²) < 4.78 is 5.04. The van der Waals surface area contributed by atoms with E-state index in [0.717, 1.165) is 5.56 Å². The molecule has 2 atom stereocenters. The number of aliphatic hydroxyl groups is 2. The first kappa shape index (κ1) is 20.2. The Morgan fingerprint density at radius 2 is 1.81 bits per heavy atom. The van der Waals surface area contributed by atoms with Crippen molar-refractivity contribution in [3.8, 4) is 5.75 Å². The lowest BCUT2D eigenvalue weighted by atomic mass is 9.99. The highest BCUT2D eigenvalue weighted by atomic mass is 16.5. The van der Waals surface area contributed by atoms with Gasteiger partial charge in [-0.05, 0) is 29.7 Å². The summed E-state index contributed by atoms with van der Waals surface area (Å²) in [5, 5.41) is 32.3. The van der Waals surface area contributed by atoms with Crippen molar-refractivity contribution in [3.05, 3.63) is 65.2 Å². The molecule has 0 aliphatic rings. The third-order valence-corrected chi connectivity index (χ3v) is 3.91. The molecule has 2 unspecified atom stereocenters. The molecule has 0 heterocycles. The molecule has 0 aliphatic carbocycles. The summed E-state index contributed by atoms with van der Waals surface area (Å²) in [7, 11) is 0. The normalized spacial score (nSPS) is 12.8. The van der Waals surface area contributed by atoms with Gasteiger partial charge in [0.1, 0.15) is 18.5 Å². The Bertz CT molecular complexity index is 781. The summed E-state index contributed by atoms with van der Waals surface area (Å²) in [6.45, 7) is 0.202. The molecule has 0 aliphatic heterocycles. The molecule has 0 bridgehead atoms. The molecule has 0 fully saturated rings. The number of phenols is 1. The molecule has 0 saturated heterocycles. The van der Waals surface area contributed by atoms with Gasteiger partial charge in [0.2, 0.25) is 0 Å². The standard InChI is InChI=1S/C19H22N2O6/c20-18(25)14-10-13(6-7-15(14)22)17(24)16(23)8-9-21-19(26)27-11-12-4-2-1-3-5-12/h1-7,10,16-17,22-24H,8-9,11H2,(H2,20,25)(H,21,26). The van der Waals surface area contributed by atoms with E-state index >= 15 is 0 Å². The van der Waals surface area contributed by atoms with E-state index in [0.29, 0.717) is 0 Å². The number of aromatic hydroxyl groups is 1. The molecule has 8 nitrogen and oxygen atoms in total. The second-order valence-electron chi connectivity index (χ2n) is 5.93. The van der Waals surface area contributed by atoms with Crippen LogP contribution in [0.25, 0.3) is 0 Å². The van der Waals surface area contributed by atoms with E-state index in [4.69, 9.17) is 10.5 Å². The van der Waals surface area contributed by atoms with Gasteiger partial charge in [0, 0.05) is 6.54 Å². The fourth-order valence-electron chi connectivity index (χ4n) is 2.41. The van der Waals surface area contributed by atoms with Gasteiger partial charge in [0.05, 0.1) is 11.7 Å². The zero-order valence-electron chi connectivity index (χ0n) is 14.5. The fraction of sp³-hybridized carbons (Fsp3) is 0.263. The van der Waals surface area contributed by atoms with Gasteiger partial charge >= 0.3 is 6.09 Å². The first-order valence-corrected chi connectivity index (χ1v) is 8.32. The number of carbonyl (C=O) groups is 2. The van der Waals surface area contributed by atoms with Gasteiger partial charge in [-0.3, -0.25) is 4.79 Å². The lowest BCUT2D eigenvalue weighted by Gasteiger charge is -2.19. The smallest absolute Gasteiger partial charge is 0.407 e. The highest BCUT2D eigenvalue weighted by molar-refractivity contribution is 5.95.